The SMILES string of the molecule is CO[C@@H]1CC(c2ncc[nH]2)N(C(=O)COc2ccc3c(c2)CCCC3)C1. The maximum absolute atomic E-state index is 12.8. The number of benzene rings is 1. The molecule has 2 aromatic rings. The van der Waals surface area contributed by atoms with Crippen LogP contribution in [0.2, 0.25) is 0 Å². The van der Waals surface area contributed by atoms with Crippen LogP contribution in [0.15, 0.2) is 30.6 Å². The number of aryl methyl sites for hydroxylation is 2. The van der Waals surface area contributed by atoms with Crippen LogP contribution in [-0.4, -0.2) is 47.1 Å². The van der Waals surface area contributed by atoms with Gasteiger partial charge in [0.25, 0.3) is 5.91 Å². The fourth-order valence-corrected chi connectivity index (χ4v) is 3.99. The van der Waals surface area contributed by atoms with Crippen LogP contribution in [0, 0.1) is 0 Å². The highest BCUT2D eigenvalue weighted by molar-refractivity contribution is 5.78. The van der Waals surface area contributed by atoms with Crippen LogP contribution in [0.3, 0.4) is 0 Å². The molecule has 2 aliphatic rings. The van der Waals surface area contributed by atoms with Crippen molar-refractivity contribution >= 4 is 5.91 Å². The summed E-state index contributed by atoms with van der Waals surface area (Å²) >= 11 is 0. The number of hydrogen-bond acceptors (Lipinski definition) is 4. The van der Waals surface area contributed by atoms with E-state index in [0.717, 1.165) is 30.8 Å². The molecular formula is C20H25N3O3. The molecule has 1 aliphatic carbocycles. The standard InChI is InChI=1S/C20H25N3O3/c1-25-17-11-18(20-21-8-9-22-20)23(12-17)19(24)13-26-16-7-6-14-4-2-3-5-15(14)10-16/h6-10,17-18H,2-5,11-13H2,1H3,(H,21,22)/t17-,18?/m1/s1. The molecule has 0 saturated carbocycles. The van der Waals surface area contributed by atoms with E-state index >= 15 is 0 Å². The summed E-state index contributed by atoms with van der Waals surface area (Å²) in [5, 5.41) is 0. The van der Waals surface area contributed by atoms with Crippen LogP contribution >= 0.6 is 0 Å². The average molecular weight is 355 g/mol. The fraction of sp³-hybridized carbons (Fsp3) is 0.500. The minimum absolute atomic E-state index is 0.0257. The zero-order valence-electron chi connectivity index (χ0n) is 15.1. The van der Waals surface area contributed by atoms with E-state index in [-0.39, 0.29) is 24.7 Å². The molecule has 1 aromatic carbocycles. The molecule has 1 saturated heterocycles. The molecule has 6 heteroatoms. The van der Waals surface area contributed by atoms with Crippen molar-refractivity contribution in [1.82, 2.24) is 14.9 Å². The molecule has 0 radical (unpaired) electrons. The smallest absolute Gasteiger partial charge is 0.261 e. The normalized spacial score (nSPS) is 22.3. The first kappa shape index (κ1) is 17.1. The number of rotatable bonds is 5. The molecule has 0 spiro atoms. The molecule has 1 fully saturated rings. The Morgan fingerprint density at radius 1 is 1.31 bits per heavy atom. The van der Waals surface area contributed by atoms with Crippen LogP contribution in [0.1, 0.15) is 42.3 Å². The molecule has 2 heterocycles. The van der Waals surface area contributed by atoms with Gasteiger partial charge in [0, 0.05) is 32.5 Å². The van der Waals surface area contributed by atoms with E-state index in [4.69, 9.17) is 9.47 Å². The van der Waals surface area contributed by atoms with Crippen molar-refractivity contribution in [1.29, 1.82) is 0 Å². The molecule has 1 aliphatic heterocycles. The van der Waals surface area contributed by atoms with Crippen molar-refractivity contribution in [3.8, 4) is 5.75 Å². The summed E-state index contributed by atoms with van der Waals surface area (Å²) in [6, 6.07) is 6.11. The van der Waals surface area contributed by atoms with Gasteiger partial charge in [-0.3, -0.25) is 4.79 Å². The van der Waals surface area contributed by atoms with E-state index in [9.17, 15) is 4.79 Å². The lowest BCUT2D eigenvalue weighted by Gasteiger charge is -2.23. The number of imidazole rings is 1. The predicted octanol–water partition coefficient (Wildman–Crippen LogP) is 2.66. The summed E-state index contributed by atoms with van der Waals surface area (Å²) in [7, 11) is 1.68. The Morgan fingerprint density at radius 3 is 2.92 bits per heavy atom. The van der Waals surface area contributed by atoms with Crippen LogP contribution in [0.5, 0.6) is 5.75 Å². The maximum atomic E-state index is 12.8. The lowest BCUT2D eigenvalue weighted by Crippen LogP contribution is -2.36. The second-order valence-corrected chi connectivity index (χ2v) is 7.06. The number of methoxy groups -OCH3 is 1. The lowest BCUT2D eigenvalue weighted by atomic mass is 9.92. The minimum atomic E-state index is -0.0883. The zero-order chi connectivity index (χ0) is 17.9. The number of likely N-dealkylation sites (tertiary alicyclic amines) is 1. The average Bonchev–Trinajstić information content (AvgIpc) is 3.35. The molecular weight excluding hydrogens is 330 g/mol. The Hall–Kier alpha value is -2.34. The van der Waals surface area contributed by atoms with E-state index in [2.05, 4.69) is 22.1 Å². The Bertz CT molecular complexity index is 760. The Labute approximate surface area is 153 Å². The van der Waals surface area contributed by atoms with Gasteiger partial charge in [0.2, 0.25) is 0 Å². The van der Waals surface area contributed by atoms with Crippen LogP contribution in [0.25, 0.3) is 0 Å². The molecule has 1 amide bonds. The highest BCUT2D eigenvalue weighted by atomic mass is 16.5. The number of H-pyrrole nitrogens is 1. The van der Waals surface area contributed by atoms with Crippen molar-refractivity contribution < 1.29 is 14.3 Å². The van der Waals surface area contributed by atoms with Crippen molar-refractivity contribution in [3.63, 3.8) is 0 Å². The predicted molar refractivity (Wildman–Crippen MR) is 97.0 cm³/mol. The van der Waals surface area contributed by atoms with E-state index in [1.807, 2.05) is 11.0 Å². The number of ether oxygens (including phenoxy) is 2. The Balaban J connectivity index is 1.42. The van der Waals surface area contributed by atoms with Gasteiger partial charge in [0.1, 0.15) is 11.6 Å². The molecule has 6 nitrogen and oxygen atoms in total. The molecule has 1 unspecified atom stereocenters. The summed E-state index contributed by atoms with van der Waals surface area (Å²) in [4.78, 5) is 22.0. The van der Waals surface area contributed by atoms with Crippen molar-refractivity contribution in [3.05, 3.63) is 47.5 Å². The number of aromatic amines is 1. The van der Waals surface area contributed by atoms with Crippen molar-refractivity contribution in [2.45, 2.75) is 44.2 Å². The van der Waals surface area contributed by atoms with Gasteiger partial charge in [-0.2, -0.15) is 0 Å². The first-order valence-corrected chi connectivity index (χ1v) is 9.30. The van der Waals surface area contributed by atoms with Gasteiger partial charge >= 0.3 is 0 Å². The van der Waals surface area contributed by atoms with E-state index < -0.39 is 0 Å². The number of hydrogen-bond donors (Lipinski definition) is 1. The summed E-state index contributed by atoms with van der Waals surface area (Å²) in [6.45, 7) is 0.598. The number of carbonyl (C=O) groups excluding carboxylic acids is 1. The van der Waals surface area contributed by atoms with Gasteiger partial charge in [-0.15, -0.1) is 0 Å². The topological polar surface area (TPSA) is 67.5 Å². The Morgan fingerprint density at radius 2 is 2.15 bits per heavy atom. The maximum Gasteiger partial charge on any atom is 0.261 e. The number of nitrogens with one attached hydrogen (secondary N) is 1. The largest absolute Gasteiger partial charge is 0.484 e. The molecule has 0 bridgehead atoms. The number of amides is 1. The van der Waals surface area contributed by atoms with E-state index in [0.29, 0.717) is 6.54 Å². The van der Waals surface area contributed by atoms with Gasteiger partial charge in [0.05, 0.1) is 12.1 Å². The van der Waals surface area contributed by atoms with Crippen LogP contribution in [0.4, 0.5) is 0 Å². The van der Waals surface area contributed by atoms with Crippen LogP contribution in [-0.2, 0) is 22.4 Å². The number of carbonyl (C=O) groups is 1. The van der Waals surface area contributed by atoms with Crippen LogP contribution < -0.4 is 4.74 Å². The highest BCUT2D eigenvalue weighted by Crippen LogP contribution is 2.31. The summed E-state index contributed by atoms with van der Waals surface area (Å²) in [5.41, 5.74) is 2.77. The van der Waals surface area contributed by atoms with Crippen molar-refractivity contribution in [2.75, 3.05) is 20.3 Å². The third kappa shape index (κ3) is 3.46. The number of nitrogens with zero attached hydrogens (tertiary/aromatic N) is 2. The van der Waals surface area contributed by atoms with Gasteiger partial charge < -0.3 is 19.4 Å². The Kier molecular flexibility index (Phi) is 4.93. The molecule has 138 valence electrons. The lowest BCUT2D eigenvalue weighted by molar-refractivity contribution is -0.134. The second kappa shape index (κ2) is 7.50. The number of fused-ring (bicyclic) bond motifs is 1. The van der Waals surface area contributed by atoms with E-state index in [1.165, 1.54) is 24.0 Å². The summed E-state index contributed by atoms with van der Waals surface area (Å²) in [6.07, 6.45) is 8.99. The molecule has 1 N–H and O–H groups in total. The molecule has 1 aromatic heterocycles. The number of aromatic nitrogens is 2. The third-order valence-corrected chi connectivity index (χ3v) is 5.43. The molecule has 4 rings (SSSR count). The monoisotopic (exact) mass is 355 g/mol. The summed E-state index contributed by atoms with van der Waals surface area (Å²) in [5.74, 6) is 1.53. The zero-order valence-corrected chi connectivity index (χ0v) is 15.1. The van der Waals surface area contributed by atoms with E-state index in [1.54, 1.807) is 19.5 Å². The third-order valence-electron chi connectivity index (χ3n) is 5.43. The molecule has 26 heavy (non-hydrogen) atoms. The summed E-state index contributed by atoms with van der Waals surface area (Å²) < 4.78 is 11.3. The quantitative estimate of drug-likeness (QED) is 0.895. The van der Waals surface area contributed by atoms with Crippen molar-refractivity contribution in [2.24, 2.45) is 0 Å². The first-order chi connectivity index (χ1) is 12.7. The van der Waals surface area contributed by atoms with Gasteiger partial charge in [0.15, 0.2) is 6.61 Å². The first-order valence-electron chi connectivity index (χ1n) is 9.30. The fourth-order valence-electron chi connectivity index (χ4n) is 3.99. The minimum Gasteiger partial charge on any atom is -0.484 e. The molecule has 2 atom stereocenters. The van der Waals surface area contributed by atoms with Gasteiger partial charge in [-0.1, -0.05) is 6.07 Å². The highest BCUT2D eigenvalue weighted by Gasteiger charge is 2.37. The van der Waals surface area contributed by atoms with Gasteiger partial charge in [-0.05, 0) is 48.9 Å². The van der Waals surface area contributed by atoms with Gasteiger partial charge in [-0.25, -0.2) is 4.98 Å². The second-order valence-electron chi connectivity index (χ2n) is 7.06.